The van der Waals surface area contributed by atoms with E-state index in [2.05, 4.69) is 11.9 Å². The highest BCUT2D eigenvalue weighted by molar-refractivity contribution is 8.16. The Morgan fingerprint density at radius 3 is 2.74 bits per heavy atom. The lowest BCUT2D eigenvalue weighted by Crippen LogP contribution is -2.33. The number of fused-ring (bicyclic) bond motifs is 1. The zero-order chi connectivity index (χ0) is 24.1. The first-order chi connectivity index (χ1) is 16.5. The van der Waals surface area contributed by atoms with E-state index in [0.29, 0.717) is 40.9 Å². The quantitative estimate of drug-likeness (QED) is 0.447. The number of carbonyl (C=O) groups excluding carboxylic acids is 3. The number of aliphatic imine (C=N–C) groups is 2. The molecule has 3 aliphatic rings. The Labute approximate surface area is 207 Å². The molecule has 0 spiro atoms. The molecule has 3 unspecified atom stereocenters. The highest BCUT2D eigenvalue weighted by Crippen LogP contribution is 2.38. The van der Waals surface area contributed by atoms with E-state index in [1.54, 1.807) is 53.9 Å². The van der Waals surface area contributed by atoms with Crippen molar-refractivity contribution >= 4 is 57.3 Å². The predicted octanol–water partition coefficient (Wildman–Crippen LogP) is 4.09. The Morgan fingerprint density at radius 2 is 2.03 bits per heavy atom. The third-order valence-electron chi connectivity index (χ3n) is 5.77. The molecule has 2 amide bonds. The van der Waals surface area contributed by atoms with Crippen LogP contribution >= 0.6 is 23.5 Å². The number of amides is 2. The lowest BCUT2D eigenvalue weighted by molar-refractivity contribution is -0.127. The van der Waals surface area contributed by atoms with Crippen molar-refractivity contribution in [2.45, 2.75) is 55.6 Å². The first kappa shape index (κ1) is 24.5. The molecule has 1 saturated carbocycles. The van der Waals surface area contributed by atoms with Crippen LogP contribution in [0.3, 0.4) is 0 Å². The largest absolute Gasteiger partial charge is 0.462 e. The molecule has 180 valence electrons. The number of anilines is 1. The summed E-state index contributed by atoms with van der Waals surface area (Å²) >= 11 is 3.00. The Morgan fingerprint density at radius 1 is 1.26 bits per heavy atom. The monoisotopic (exact) mass is 500 g/mol. The molecule has 2 heterocycles. The molecule has 1 aromatic carbocycles. The molecule has 4 rings (SSSR count). The van der Waals surface area contributed by atoms with Crippen LogP contribution in [-0.2, 0) is 14.3 Å². The molecule has 10 heteroatoms. The van der Waals surface area contributed by atoms with E-state index in [1.807, 2.05) is 0 Å². The van der Waals surface area contributed by atoms with Crippen molar-refractivity contribution < 1.29 is 19.1 Å². The van der Waals surface area contributed by atoms with Gasteiger partial charge in [-0.1, -0.05) is 42.4 Å². The summed E-state index contributed by atoms with van der Waals surface area (Å²) in [7, 11) is 0. The molecule has 1 aliphatic carbocycles. The van der Waals surface area contributed by atoms with Crippen molar-refractivity contribution in [2.75, 3.05) is 18.5 Å². The lowest BCUT2D eigenvalue weighted by atomic mass is 9.96. The van der Waals surface area contributed by atoms with E-state index in [-0.39, 0.29) is 18.2 Å². The van der Waals surface area contributed by atoms with Crippen LogP contribution in [-0.4, -0.2) is 62.7 Å². The first-order valence-electron chi connectivity index (χ1n) is 11.5. The minimum absolute atomic E-state index is 0.0145. The van der Waals surface area contributed by atoms with Gasteiger partial charge < -0.3 is 10.1 Å². The van der Waals surface area contributed by atoms with Gasteiger partial charge in [-0.15, -0.1) is 6.58 Å². The summed E-state index contributed by atoms with van der Waals surface area (Å²) in [5.41, 5.74) is 0.958. The van der Waals surface area contributed by atoms with Gasteiger partial charge in [0, 0.05) is 23.9 Å². The zero-order valence-electron chi connectivity index (χ0n) is 19.1. The third kappa shape index (κ3) is 5.72. The maximum atomic E-state index is 13.0. The van der Waals surface area contributed by atoms with Gasteiger partial charge in [0.05, 0.1) is 18.2 Å². The molecule has 0 radical (unpaired) electrons. The van der Waals surface area contributed by atoms with Gasteiger partial charge >= 0.3 is 5.97 Å². The predicted molar refractivity (Wildman–Crippen MR) is 137 cm³/mol. The normalized spacial score (nSPS) is 25.1. The van der Waals surface area contributed by atoms with E-state index in [1.165, 1.54) is 24.6 Å². The van der Waals surface area contributed by atoms with Gasteiger partial charge in [-0.05, 0) is 44.0 Å². The molecule has 1 N–H and O–H groups in total. The molecule has 1 saturated heterocycles. The summed E-state index contributed by atoms with van der Waals surface area (Å²) in [6.07, 6.45) is 6.35. The second-order valence-corrected chi connectivity index (χ2v) is 10.6. The third-order valence-corrected chi connectivity index (χ3v) is 8.21. The smallest absolute Gasteiger partial charge is 0.338 e. The van der Waals surface area contributed by atoms with Crippen molar-refractivity contribution in [1.82, 2.24) is 4.90 Å². The number of esters is 1. The first-order valence-corrected chi connectivity index (χ1v) is 13.2. The number of carbonyl (C=O) groups is 3. The molecule has 3 atom stereocenters. The fourth-order valence-electron chi connectivity index (χ4n) is 4.11. The number of thioether (sulfide) groups is 2. The number of hydrogen-bond acceptors (Lipinski definition) is 8. The molecule has 0 aromatic heterocycles. The highest BCUT2D eigenvalue weighted by Gasteiger charge is 2.40. The average Bonchev–Trinajstić information content (AvgIpc) is 3.36. The van der Waals surface area contributed by atoms with Crippen LogP contribution in [0.4, 0.5) is 5.69 Å². The molecular weight excluding hydrogens is 472 g/mol. The van der Waals surface area contributed by atoms with Crippen LogP contribution in [0.15, 0.2) is 46.9 Å². The Hall–Kier alpha value is -2.59. The van der Waals surface area contributed by atoms with Crippen LogP contribution in [0.25, 0.3) is 0 Å². The SMILES string of the molecule is C=CCN1C(=O)C(CC(=O)Nc2ccc(C(=O)OCC)cc2)S/C1=N/C1=NC2CCCCC2S1. The molecule has 34 heavy (non-hydrogen) atoms. The van der Waals surface area contributed by atoms with Crippen molar-refractivity contribution in [1.29, 1.82) is 0 Å². The average molecular weight is 501 g/mol. The second-order valence-electron chi connectivity index (χ2n) is 8.21. The number of amidine groups is 2. The van der Waals surface area contributed by atoms with Crippen LogP contribution in [0.2, 0.25) is 0 Å². The Kier molecular flexibility index (Phi) is 8.10. The number of hydrogen-bond donors (Lipinski definition) is 1. The van der Waals surface area contributed by atoms with E-state index >= 15 is 0 Å². The summed E-state index contributed by atoms with van der Waals surface area (Å²) in [6, 6.07) is 6.79. The van der Waals surface area contributed by atoms with Crippen LogP contribution < -0.4 is 5.32 Å². The molecule has 8 nitrogen and oxygen atoms in total. The minimum Gasteiger partial charge on any atom is -0.462 e. The maximum Gasteiger partial charge on any atom is 0.338 e. The van der Waals surface area contributed by atoms with Crippen molar-refractivity contribution in [2.24, 2.45) is 9.98 Å². The number of nitrogens with zero attached hydrogens (tertiary/aromatic N) is 3. The Bertz CT molecular complexity index is 1020. The van der Waals surface area contributed by atoms with E-state index < -0.39 is 11.2 Å². The van der Waals surface area contributed by atoms with E-state index in [4.69, 9.17) is 14.7 Å². The summed E-state index contributed by atoms with van der Waals surface area (Å²) < 4.78 is 4.96. The number of rotatable bonds is 7. The topological polar surface area (TPSA) is 100 Å². The van der Waals surface area contributed by atoms with Gasteiger partial charge in [0.15, 0.2) is 10.3 Å². The highest BCUT2D eigenvalue weighted by atomic mass is 32.2. The van der Waals surface area contributed by atoms with Gasteiger partial charge in [-0.3, -0.25) is 19.5 Å². The van der Waals surface area contributed by atoms with Crippen molar-refractivity contribution in [3.8, 4) is 0 Å². The number of ether oxygens (including phenoxy) is 1. The van der Waals surface area contributed by atoms with Crippen LogP contribution in [0.5, 0.6) is 0 Å². The fourth-order valence-corrected chi connectivity index (χ4v) is 6.56. The summed E-state index contributed by atoms with van der Waals surface area (Å²) in [5, 5.41) is 4.02. The van der Waals surface area contributed by atoms with Crippen LogP contribution in [0.1, 0.15) is 49.4 Å². The molecule has 2 aliphatic heterocycles. The Balaban J connectivity index is 1.39. The molecule has 1 aromatic rings. The maximum absolute atomic E-state index is 13.0. The van der Waals surface area contributed by atoms with Crippen molar-refractivity contribution in [3.05, 3.63) is 42.5 Å². The zero-order valence-corrected chi connectivity index (χ0v) is 20.7. The lowest BCUT2D eigenvalue weighted by Gasteiger charge is -2.21. The number of nitrogens with one attached hydrogen (secondary N) is 1. The number of benzene rings is 1. The van der Waals surface area contributed by atoms with Gasteiger partial charge in [-0.25, -0.2) is 4.79 Å². The molecular formula is C24H28N4O4S2. The second kappa shape index (κ2) is 11.2. The summed E-state index contributed by atoms with van der Waals surface area (Å²) in [6.45, 7) is 6.13. The van der Waals surface area contributed by atoms with Crippen molar-refractivity contribution in [3.63, 3.8) is 0 Å². The van der Waals surface area contributed by atoms with Gasteiger partial charge in [0.25, 0.3) is 0 Å². The minimum atomic E-state index is -0.563. The van der Waals surface area contributed by atoms with E-state index in [9.17, 15) is 14.4 Å². The summed E-state index contributed by atoms with van der Waals surface area (Å²) in [5.74, 6) is -0.850. The standard InChI is InChI=1S/C24H28N4O4S2/c1-3-13-28-21(30)19(34-24(28)27-23-26-17-7-5-6-8-18(17)33-23)14-20(29)25-16-11-9-15(10-12-16)22(31)32-4-2/h3,9-12,17-19H,1,4-8,13-14H2,2H3,(H,25,29)/b27-24+. The molecule has 0 bridgehead atoms. The van der Waals surface area contributed by atoms with Gasteiger partial charge in [0.2, 0.25) is 11.8 Å². The van der Waals surface area contributed by atoms with Gasteiger partial charge in [0.1, 0.15) is 5.25 Å². The molecule has 2 fully saturated rings. The van der Waals surface area contributed by atoms with E-state index in [0.717, 1.165) is 18.0 Å². The summed E-state index contributed by atoms with van der Waals surface area (Å²) in [4.78, 5) is 48.5. The van der Waals surface area contributed by atoms with Crippen LogP contribution in [0, 0.1) is 0 Å². The fraction of sp³-hybridized carbons (Fsp3) is 0.458. The van der Waals surface area contributed by atoms with Gasteiger partial charge in [-0.2, -0.15) is 4.99 Å².